The molecule has 0 unspecified atom stereocenters. The zero-order chi connectivity index (χ0) is 15.6. The van der Waals surface area contributed by atoms with Crippen LogP contribution in [0.25, 0.3) is 0 Å². The van der Waals surface area contributed by atoms with Gasteiger partial charge in [0, 0.05) is 0 Å². The lowest BCUT2D eigenvalue weighted by molar-refractivity contribution is -0.137. The molecular weight excluding hydrogens is 288 g/mol. The standard InChI is InChI=1S/C14H9F4N2O/c15-11-7-6-9(14(16,17)18)8-12(11)20(13(19)21)10-4-2-1-3-5-10/h1-2,4-8H,(H2,19,21). The lowest BCUT2D eigenvalue weighted by Crippen LogP contribution is -2.32. The third-order valence-corrected chi connectivity index (χ3v) is 2.68. The molecule has 0 aliphatic carbocycles. The van der Waals surface area contributed by atoms with E-state index in [2.05, 4.69) is 6.07 Å². The van der Waals surface area contributed by atoms with E-state index < -0.39 is 29.3 Å². The van der Waals surface area contributed by atoms with Gasteiger partial charge < -0.3 is 5.73 Å². The van der Waals surface area contributed by atoms with Crippen LogP contribution in [0.5, 0.6) is 0 Å². The van der Waals surface area contributed by atoms with E-state index >= 15 is 0 Å². The fourth-order valence-corrected chi connectivity index (χ4v) is 1.77. The minimum absolute atomic E-state index is 0.114. The maximum atomic E-state index is 13.8. The van der Waals surface area contributed by atoms with Crippen molar-refractivity contribution in [3.63, 3.8) is 0 Å². The van der Waals surface area contributed by atoms with E-state index in [1.165, 1.54) is 24.3 Å². The van der Waals surface area contributed by atoms with Crippen molar-refractivity contribution >= 4 is 17.4 Å². The van der Waals surface area contributed by atoms with Gasteiger partial charge in [-0.05, 0) is 36.4 Å². The number of nitrogens with zero attached hydrogens (tertiary/aromatic N) is 1. The molecule has 0 spiro atoms. The van der Waals surface area contributed by atoms with Crippen LogP contribution >= 0.6 is 0 Å². The van der Waals surface area contributed by atoms with Crippen LogP contribution in [0.2, 0.25) is 0 Å². The van der Waals surface area contributed by atoms with Crippen LogP contribution in [0.1, 0.15) is 5.56 Å². The average molecular weight is 297 g/mol. The van der Waals surface area contributed by atoms with Gasteiger partial charge >= 0.3 is 12.2 Å². The highest BCUT2D eigenvalue weighted by Crippen LogP contribution is 2.35. The normalized spacial score (nSPS) is 11.2. The second-order valence-corrected chi connectivity index (χ2v) is 4.10. The number of primary amides is 1. The van der Waals surface area contributed by atoms with Crippen molar-refractivity contribution in [1.82, 2.24) is 0 Å². The number of carbonyl (C=O) groups is 1. The molecule has 0 saturated heterocycles. The predicted octanol–water partition coefficient (Wildman–Crippen LogP) is 3.86. The van der Waals surface area contributed by atoms with Gasteiger partial charge in [0.15, 0.2) is 0 Å². The van der Waals surface area contributed by atoms with Crippen LogP contribution in [0.4, 0.5) is 33.7 Å². The molecule has 0 fully saturated rings. The second kappa shape index (κ2) is 5.43. The summed E-state index contributed by atoms with van der Waals surface area (Å²) >= 11 is 0. The molecular formula is C14H9F4N2O. The van der Waals surface area contributed by atoms with Crippen molar-refractivity contribution in [3.8, 4) is 0 Å². The van der Waals surface area contributed by atoms with Crippen molar-refractivity contribution in [3.05, 3.63) is 59.9 Å². The number of carbonyl (C=O) groups excluding carboxylic acids is 1. The summed E-state index contributed by atoms with van der Waals surface area (Å²) < 4.78 is 51.9. The first-order valence-electron chi connectivity index (χ1n) is 5.73. The number of amides is 2. The Labute approximate surface area is 117 Å². The van der Waals surface area contributed by atoms with Crippen molar-refractivity contribution in [2.75, 3.05) is 4.90 Å². The Bertz CT molecular complexity index is 656. The van der Waals surface area contributed by atoms with Crippen LogP contribution in [0.15, 0.2) is 42.5 Å². The van der Waals surface area contributed by atoms with Gasteiger partial charge in [-0.3, -0.25) is 4.90 Å². The molecule has 2 amide bonds. The van der Waals surface area contributed by atoms with Gasteiger partial charge in [-0.15, -0.1) is 0 Å². The smallest absolute Gasteiger partial charge is 0.351 e. The Hall–Kier alpha value is -2.57. The quantitative estimate of drug-likeness (QED) is 0.841. The molecule has 0 aliphatic rings. The molecule has 0 saturated carbocycles. The molecule has 1 radical (unpaired) electrons. The van der Waals surface area contributed by atoms with Crippen LogP contribution in [-0.4, -0.2) is 6.03 Å². The highest BCUT2D eigenvalue weighted by molar-refractivity contribution is 5.98. The minimum Gasteiger partial charge on any atom is -0.351 e. The number of urea groups is 1. The minimum atomic E-state index is -4.66. The van der Waals surface area contributed by atoms with E-state index in [0.29, 0.717) is 23.1 Å². The zero-order valence-corrected chi connectivity index (χ0v) is 10.5. The fourth-order valence-electron chi connectivity index (χ4n) is 1.77. The van der Waals surface area contributed by atoms with Crippen molar-refractivity contribution in [1.29, 1.82) is 0 Å². The first kappa shape index (κ1) is 14.8. The van der Waals surface area contributed by atoms with E-state index in [9.17, 15) is 22.4 Å². The summed E-state index contributed by atoms with van der Waals surface area (Å²) in [5, 5.41) is 0. The molecule has 21 heavy (non-hydrogen) atoms. The molecule has 0 heterocycles. The highest BCUT2D eigenvalue weighted by atomic mass is 19.4. The van der Waals surface area contributed by atoms with E-state index in [-0.39, 0.29) is 5.69 Å². The SMILES string of the molecule is NC(=O)N(c1c[c]ccc1)c1cc(C(F)(F)F)ccc1F. The monoisotopic (exact) mass is 297 g/mol. The molecule has 0 atom stereocenters. The number of rotatable bonds is 2. The van der Waals surface area contributed by atoms with Crippen molar-refractivity contribution in [2.45, 2.75) is 6.18 Å². The number of anilines is 2. The third-order valence-electron chi connectivity index (χ3n) is 2.68. The van der Waals surface area contributed by atoms with Crippen molar-refractivity contribution in [2.24, 2.45) is 5.73 Å². The van der Waals surface area contributed by atoms with Gasteiger partial charge in [-0.1, -0.05) is 12.1 Å². The van der Waals surface area contributed by atoms with Crippen LogP contribution in [0, 0.1) is 11.9 Å². The predicted molar refractivity (Wildman–Crippen MR) is 68.4 cm³/mol. The van der Waals surface area contributed by atoms with Gasteiger partial charge in [0.1, 0.15) is 5.82 Å². The van der Waals surface area contributed by atoms with Crippen LogP contribution < -0.4 is 10.6 Å². The average Bonchev–Trinajstić information content (AvgIpc) is 2.40. The molecule has 3 nitrogen and oxygen atoms in total. The lowest BCUT2D eigenvalue weighted by Gasteiger charge is -2.22. The fraction of sp³-hybridized carbons (Fsp3) is 0.0714. The van der Waals surface area contributed by atoms with Crippen LogP contribution in [0.3, 0.4) is 0 Å². The van der Waals surface area contributed by atoms with E-state index in [0.717, 1.165) is 0 Å². The van der Waals surface area contributed by atoms with Gasteiger partial charge in [0.25, 0.3) is 0 Å². The summed E-state index contributed by atoms with van der Waals surface area (Å²) in [4.78, 5) is 12.2. The van der Waals surface area contributed by atoms with Gasteiger partial charge in [0.05, 0.1) is 16.9 Å². The first-order chi connectivity index (χ1) is 9.80. The van der Waals surface area contributed by atoms with Gasteiger partial charge in [0.2, 0.25) is 0 Å². The third kappa shape index (κ3) is 3.13. The number of alkyl halides is 3. The molecule has 0 aliphatic heterocycles. The van der Waals surface area contributed by atoms with E-state index in [4.69, 9.17) is 5.73 Å². The molecule has 0 aromatic heterocycles. The van der Waals surface area contributed by atoms with Gasteiger partial charge in [-0.25, -0.2) is 9.18 Å². The van der Waals surface area contributed by atoms with Crippen LogP contribution in [-0.2, 0) is 6.18 Å². The summed E-state index contributed by atoms with van der Waals surface area (Å²) in [5.74, 6) is -0.995. The summed E-state index contributed by atoms with van der Waals surface area (Å²) in [6.07, 6.45) is -4.66. The Kier molecular flexibility index (Phi) is 3.84. The molecule has 7 heteroatoms. The maximum Gasteiger partial charge on any atom is 0.416 e. The lowest BCUT2D eigenvalue weighted by atomic mass is 10.1. The second-order valence-electron chi connectivity index (χ2n) is 4.10. The van der Waals surface area contributed by atoms with E-state index in [1.54, 1.807) is 0 Å². The molecule has 2 N–H and O–H groups in total. The number of nitrogens with two attached hydrogens (primary N) is 1. The summed E-state index contributed by atoms with van der Waals surface area (Å²) in [6.45, 7) is 0. The Morgan fingerprint density at radius 1 is 1.24 bits per heavy atom. The zero-order valence-electron chi connectivity index (χ0n) is 10.5. The van der Waals surface area contributed by atoms with E-state index in [1.807, 2.05) is 0 Å². The topological polar surface area (TPSA) is 46.3 Å². The number of halogens is 4. The summed E-state index contributed by atoms with van der Waals surface area (Å²) in [5.41, 5.74) is 3.62. The number of benzene rings is 2. The summed E-state index contributed by atoms with van der Waals surface area (Å²) in [7, 11) is 0. The summed E-state index contributed by atoms with van der Waals surface area (Å²) in [6, 6.07) is 9.03. The Morgan fingerprint density at radius 2 is 1.95 bits per heavy atom. The molecule has 2 aromatic carbocycles. The molecule has 109 valence electrons. The maximum absolute atomic E-state index is 13.8. The molecule has 2 aromatic rings. The number of hydrogen-bond acceptors (Lipinski definition) is 1. The largest absolute Gasteiger partial charge is 0.416 e. The highest BCUT2D eigenvalue weighted by Gasteiger charge is 2.32. The molecule has 0 bridgehead atoms. The number of hydrogen-bond donors (Lipinski definition) is 1. The van der Waals surface area contributed by atoms with Gasteiger partial charge in [-0.2, -0.15) is 13.2 Å². The van der Waals surface area contributed by atoms with Crippen molar-refractivity contribution < 1.29 is 22.4 Å². The Balaban J connectivity index is 2.59. The molecule has 2 rings (SSSR count). The Morgan fingerprint density at radius 3 is 2.48 bits per heavy atom. The first-order valence-corrected chi connectivity index (χ1v) is 5.73.